The van der Waals surface area contributed by atoms with Gasteiger partial charge in [0, 0.05) is 32.1 Å². The first-order valence-corrected chi connectivity index (χ1v) is 5.91. The van der Waals surface area contributed by atoms with Crippen molar-refractivity contribution in [3.8, 4) is 0 Å². The van der Waals surface area contributed by atoms with Gasteiger partial charge in [-0.2, -0.15) is 8.78 Å². The molecule has 0 aliphatic rings. The zero-order valence-electron chi connectivity index (χ0n) is 10.6. The molecule has 0 aromatic heterocycles. The van der Waals surface area contributed by atoms with Crippen molar-refractivity contribution in [1.29, 1.82) is 0 Å². The summed E-state index contributed by atoms with van der Waals surface area (Å²) in [6, 6.07) is 4.67. The first kappa shape index (κ1) is 14.6. The summed E-state index contributed by atoms with van der Waals surface area (Å²) in [5.74, 6) is -0.214. The van der Waals surface area contributed by atoms with Gasteiger partial charge in [-0.05, 0) is 0 Å². The quantitative estimate of drug-likeness (QED) is 0.791. The van der Waals surface area contributed by atoms with E-state index in [1.807, 2.05) is 0 Å². The fraction of sp³-hybridized carbons (Fsp3) is 0.462. The van der Waals surface area contributed by atoms with Gasteiger partial charge in [0.15, 0.2) is 0 Å². The van der Waals surface area contributed by atoms with E-state index in [4.69, 9.17) is 0 Å². The molecule has 0 fully saturated rings. The second kappa shape index (κ2) is 6.44. The lowest BCUT2D eigenvalue weighted by Crippen LogP contribution is -2.43. The maximum Gasteiger partial charge on any atom is 0.331 e. The zero-order chi connectivity index (χ0) is 13.6. The Morgan fingerprint density at radius 1 is 1.33 bits per heavy atom. The molecule has 0 saturated carbocycles. The van der Waals surface area contributed by atoms with Gasteiger partial charge in [0.25, 0.3) is 0 Å². The maximum atomic E-state index is 14.2. The predicted molar refractivity (Wildman–Crippen MR) is 66.3 cm³/mol. The van der Waals surface area contributed by atoms with E-state index in [1.54, 1.807) is 25.1 Å². The minimum absolute atomic E-state index is 0.0327. The SMILES string of the molecule is CCN(CCNC(C)=O)C(F)(F)c1ccccc1. The molecule has 3 nitrogen and oxygen atoms in total. The number of hydrogen-bond donors (Lipinski definition) is 1. The number of likely N-dealkylation sites (N-methyl/N-ethyl adjacent to an activating group) is 1. The molecule has 0 aliphatic carbocycles. The number of carbonyl (C=O) groups excluding carboxylic acids is 1. The summed E-state index contributed by atoms with van der Waals surface area (Å²) in [5, 5.41) is 2.52. The van der Waals surface area contributed by atoms with E-state index < -0.39 is 6.05 Å². The summed E-state index contributed by atoms with van der Waals surface area (Å²) in [7, 11) is 0. The zero-order valence-corrected chi connectivity index (χ0v) is 10.6. The topological polar surface area (TPSA) is 32.3 Å². The van der Waals surface area contributed by atoms with Crippen molar-refractivity contribution in [1.82, 2.24) is 10.2 Å². The van der Waals surface area contributed by atoms with Crippen molar-refractivity contribution in [2.75, 3.05) is 19.6 Å². The lowest BCUT2D eigenvalue weighted by molar-refractivity contribution is -0.153. The largest absolute Gasteiger partial charge is 0.355 e. The van der Waals surface area contributed by atoms with Crippen LogP contribution in [0.1, 0.15) is 19.4 Å². The molecule has 0 radical (unpaired) electrons. The molecule has 18 heavy (non-hydrogen) atoms. The summed E-state index contributed by atoms with van der Waals surface area (Å²) in [6.45, 7) is 3.57. The van der Waals surface area contributed by atoms with Crippen LogP contribution in [0.2, 0.25) is 0 Å². The summed E-state index contributed by atoms with van der Waals surface area (Å²) >= 11 is 0. The number of benzene rings is 1. The molecule has 5 heteroatoms. The average molecular weight is 256 g/mol. The van der Waals surface area contributed by atoms with Crippen molar-refractivity contribution in [2.24, 2.45) is 0 Å². The van der Waals surface area contributed by atoms with E-state index in [9.17, 15) is 13.6 Å². The van der Waals surface area contributed by atoms with Crippen LogP contribution in [0.25, 0.3) is 0 Å². The molecule has 0 unspecified atom stereocenters. The van der Waals surface area contributed by atoms with Crippen LogP contribution in [0.15, 0.2) is 30.3 Å². The van der Waals surface area contributed by atoms with Gasteiger partial charge in [-0.3, -0.25) is 4.79 Å². The van der Waals surface area contributed by atoms with Crippen molar-refractivity contribution in [3.63, 3.8) is 0 Å². The fourth-order valence-electron chi connectivity index (χ4n) is 1.69. The number of carbonyl (C=O) groups is 1. The molecular formula is C13H18F2N2O. The highest BCUT2D eigenvalue weighted by molar-refractivity contribution is 5.72. The van der Waals surface area contributed by atoms with Gasteiger partial charge < -0.3 is 5.32 Å². The van der Waals surface area contributed by atoms with E-state index in [2.05, 4.69) is 5.32 Å². The highest BCUT2D eigenvalue weighted by Gasteiger charge is 2.37. The Bertz CT molecular complexity index is 382. The van der Waals surface area contributed by atoms with Gasteiger partial charge in [-0.15, -0.1) is 0 Å². The summed E-state index contributed by atoms with van der Waals surface area (Å²) in [4.78, 5) is 11.8. The molecule has 100 valence electrons. The highest BCUT2D eigenvalue weighted by atomic mass is 19.3. The van der Waals surface area contributed by atoms with Crippen LogP contribution in [-0.4, -0.2) is 30.4 Å². The fourth-order valence-corrected chi connectivity index (χ4v) is 1.69. The Kier molecular flexibility index (Phi) is 5.22. The van der Waals surface area contributed by atoms with Crippen molar-refractivity contribution < 1.29 is 13.6 Å². The van der Waals surface area contributed by atoms with Crippen LogP contribution in [0, 0.1) is 0 Å². The molecule has 0 saturated heterocycles. The number of nitrogens with zero attached hydrogens (tertiary/aromatic N) is 1. The van der Waals surface area contributed by atoms with Crippen LogP contribution in [0.3, 0.4) is 0 Å². The third kappa shape index (κ3) is 3.77. The molecule has 1 amide bonds. The Labute approximate surface area is 106 Å². The maximum absolute atomic E-state index is 14.2. The van der Waals surface area contributed by atoms with E-state index in [1.165, 1.54) is 19.1 Å². The molecule has 0 atom stereocenters. The minimum Gasteiger partial charge on any atom is -0.355 e. The minimum atomic E-state index is -3.02. The second-order valence-electron chi connectivity index (χ2n) is 3.97. The molecule has 1 aromatic rings. The average Bonchev–Trinajstić information content (AvgIpc) is 2.35. The molecule has 0 aliphatic heterocycles. The van der Waals surface area contributed by atoms with Gasteiger partial charge in [-0.25, -0.2) is 4.90 Å². The third-order valence-corrected chi connectivity index (χ3v) is 2.66. The lowest BCUT2D eigenvalue weighted by atomic mass is 10.1. The standard InChI is InChI=1S/C13H18F2N2O/c1-3-17(10-9-16-11(2)18)13(14,15)12-7-5-4-6-8-12/h4-8H,3,9-10H2,1-2H3,(H,16,18). The summed E-state index contributed by atoms with van der Waals surface area (Å²) in [5.41, 5.74) is -0.0327. The predicted octanol–water partition coefficient (Wildman–Crippen LogP) is 2.19. The molecular weight excluding hydrogens is 238 g/mol. The van der Waals surface area contributed by atoms with Gasteiger partial charge in [0.1, 0.15) is 0 Å². The second-order valence-corrected chi connectivity index (χ2v) is 3.97. The van der Waals surface area contributed by atoms with E-state index in [0.29, 0.717) is 0 Å². The Morgan fingerprint density at radius 2 is 1.94 bits per heavy atom. The first-order chi connectivity index (χ1) is 8.48. The molecule has 1 aromatic carbocycles. The lowest BCUT2D eigenvalue weighted by Gasteiger charge is -2.30. The van der Waals surface area contributed by atoms with Crippen LogP contribution in [0.5, 0.6) is 0 Å². The number of rotatable bonds is 6. The highest BCUT2D eigenvalue weighted by Crippen LogP contribution is 2.31. The Balaban J connectivity index is 2.71. The molecule has 1 N–H and O–H groups in total. The van der Waals surface area contributed by atoms with E-state index >= 15 is 0 Å². The number of hydrogen-bond acceptors (Lipinski definition) is 2. The molecule has 1 rings (SSSR count). The number of halogens is 2. The van der Waals surface area contributed by atoms with Crippen LogP contribution in [-0.2, 0) is 10.8 Å². The van der Waals surface area contributed by atoms with Gasteiger partial charge in [0.2, 0.25) is 5.91 Å². The monoisotopic (exact) mass is 256 g/mol. The van der Waals surface area contributed by atoms with Crippen LogP contribution < -0.4 is 5.32 Å². The van der Waals surface area contributed by atoms with Crippen LogP contribution in [0.4, 0.5) is 8.78 Å². The van der Waals surface area contributed by atoms with E-state index in [-0.39, 0.29) is 31.1 Å². The third-order valence-electron chi connectivity index (χ3n) is 2.66. The number of amides is 1. The number of alkyl halides is 2. The van der Waals surface area contributed by atoms with Gasteiger partial charge in [-0.1, -0.05) is 37.3 Å². The number of nitrogens with one attached hydrogen (secondary N) is 1. The Morgan fingerprint density at radius 3 is 2.44 bits per heavy atom. The van der Waals surface area contributed by atoms with Crippen LogP contribution >= 0.6 is 0 Å². The van der Waals surface area contributed by atoms with Gasteiger partial charge >= 0.3 is 6.05 Å². The summed E-state index contributed by atoms with van der Waals surface area (Å²) < 4.78 is 28.3. The van der Waals surface area contributed by atoms with Crippen molar-refractivity contribution in [3.05, 3.63) is 35.9 Å². The van der Waals surface area contributed by atoms with Crippen molar-refractivity contribution in [2.45, 2.75) is 19.9 Å². The Hall–Kier alpha value is -1.49. The normalized spacial score (nSPS) is 11.6. The molecule has 0 spiro atoms. The van der Waals surface area contributed by atoms with Gasteiger partial charge in [0.05, 0.1) is 0 Å². The first-order valence-electron chi connectivity index (χ1n) is 5.91. The van der Waals surface area contributed by atoms with E-state index in [0.717, 1.165) is 4.90 Å². The van der Waals surface area contributed by atoms with Crippen molar-refractivity contribution >= 4 is 5.91 Å². The molecule has 0 heterocycles. The summed E-state index contributed by atoms with van der Waals surface area (Å²) in [6.07, 6.45) is 0. The molecule has 0 bridgehead atoms. The smallest absolute Gasteiger partial charge is 0.331 e.